The summed E-state index contributed by atoms with van der Waals surface area (Å²) in [5, 5.41) is 21.4. The maximum absolute atomic E-state index is 13.4. The quantitative estimate of drug-likeness (QED) is 0.117. The van der Waals surface area contributed by atoms with Crippen molar-refractivity contribution in [2.45, 2.75) is 30.8 Å². The number of nitrogens with two attached hydrogens (primary N) is 1. The number of halogens is 6. The summed E-state index contributed by atoms with van der Waals surface area (Å²) >= 11 is 0. The molecule has 0 spiro atoms. The topological polar surface area (TPSA) is 164 Å². The van der Waals surface area contributed by atoms with Gasteiger partial charge < -0.3 is 25.7 Å². The first-order valence-electron chi connectivity index (χ1n) is 12.6. The van der Waals surface area contributed by atoms with Crippen molar-refractivity contribution < 1.29 is 55.4 Å². The summed E-state index contributed by atoms with van der Waals surface area (Å²) in [5.41, 5.74) is 5.04. The number of carbonyl (C=O) groups is 3. The van der Waals surface area contributed by atoms with E-state index in [9.17, 15) is 35.9 Å². The molecule has 3 aromatic rings. The van der Waals surface area contributed by atoms with Crippen molar-refractivity contribution in [1.29, 1.82) is 5.41 Å². The van der Waals surface area contributed by atoms with E-state index >= 15 is 0 Å². The first kappa shape index (κ1) is 34.1. The van der Waals surface area contributed by atoms with E-state index in [4.69, 9.17) is 30.6 Å². The van der Waals surface area contributed by atoms with E-state index in [1.807, 2.05) is 0 Å². The van der Waals surface area contributed by atoms with Crippen LogP contribution < -0.4 is 11.1 Å². The summed E-state index contributed by atoms with van der Waals surface area (Å²) in [6.45, 7) is 0. The molecule has 1 atom stereocenters. The van der Waals surface area contributed by atoms with Crippen LogP contribution in [-0.4, -0.2) is 53.4 Å². The molecule has 0 aliphatic carbocycles. The number of aliphatic carboxylic acids is 1. The van der Waals surface area contributed by atoms with Gasteiger partial charge in [-0.1, -0.05) is 53.7 Å². The number of methoxy groups -OCH3 is 1. The summed E-state index contributed by atoms with van der Waals surface area (Å²) < 4.78 is 76.7. The third-order valence-electron chi connectivity index (χ3n) is 6.29. The monoisotopic (exact) mass is 638 g/mol. The Bertz CT molecular complexity index is 1620. The Morgan fingerprint density at radius 1 is 1.00 bits per heavy atom. The fourth-order valence-electron chi connectivity index (χ4n) is 4.06. The Hall–Kier alpha value is -5.41. The number of nitrogens with one attached hydrogen (secondary N) is 2. The standard InChI is InChI=1S/C27H23F3N4O4.C2HF3O2/c1-37-23(35)15-26(14-22(34-38-26)17-5-4-6-18(13-17)24(31)32)25(36)33-19-11-9-16(10-12-19)20-7-2-3-8-21(20)27(28,29)30;3-2(4,5)1(6)7/h2-13H,14-15H2,1H3,(H3,31,32)(H,33,36);(H,6,7). The van der Waals surface area contributed by atoms with Gasteiger partial charge in [-0.25, -0.2) is 4.79 Å². The van der Waals surface area contributed by atoms with E-state index in [2.05, 4.69) is 10.5 Å². The number of oxime groups is 1. The summed E-state index contributed by atoms with van der Waals surface area (Å²) in [4.78, 5) is 39.9. The van der Waals surface area contributed by atoms with Crippen LogP contribution >= 0.6 is 0 Å². The number of ether oxygens (including phenoxy) is 1. The molecule has 0 saturated carbocycles. The van der Waals surface area contributed by atoms with Crippen LogP contribution in [0.3, 0.4) is 0 Å². The lowest BCUT2D eigenvalue weighted by Gasteiger charge is -2.24. The van der Waals surface area contributed by atoms with Crippen molar-refractivity contribution in [1.82, 2.24) is 0 Å². The molecule has 10 nitrogen and oxygen atoms in total. The van der Waals surface area contributed by atoms with Crippen molar-refractivity contribution in [2.24, 2.45) is 10.9 Å². The normalized spacial score (nSPS) is 15.9. The van der Waals surface area contributed by atoms with E-state index < -0.39 is 47.8 Å². The van der Waals surface area contributed by atoms with Crippen molar-refractivity contribution in [3.8, 4) is 11.1 Å². The van der Waals surface area contributed by atoms with E-state index in [0.717, 1.165) is 6.07 Å². The van der Waals surface area contributed by atoms with Crippen LogP contribution in [0.1, 0.15) is 29.5 Å². The Morgan fingerprint density at radius 2 is 1.62 bits per heavy atom. The fraction of sp³-hybridized carbons (Fsp3) is 0.207. The second-order valence-electron chi connectivity index (χ2n) is 9.43. The van der Waals surface area contributed by atoms with Gasteiger partial charge in [0.1, 0.15) is 5.84 Å². The molecule has 1 aliphatic rings. The van der Waals surface area contributed by atoms with Gasteiger partial charge in [0.25, 0.3) is 5.91 Å². The highest BCUT2D eigenvalue weighted by Crippen LogP contribution is 2.37. The molecule has 0 bridgehead atoms. The van der Waals surface area contributed by atoms with Gasteiger partial charge in [0.2, 0.25) is 5.60 Å². The van der Waals surface area contributed by atoms with Crippen molar-refractivity contribution in [2.75, 3.05) is 12.4 Å². The molecule has 1 amide bonds. The smallest absolute Gasteiger partial charge is 0.475 e. The summed E-state index contributed by atoms with van der Waals surface area (Å²) in [6, 6.07) is 17.7. The maximum atomic E-state index is 13.4. The number of rotatable bonds is 7. The molecule has 0 radical (unpaired) electrons. The molecule has 1 heterocycles. The van der Waals surface area contributed by atoms with Crippen LogP contribution in [0.5, 0.6) is 0 Å². The zero-order valence-electron chi connectivity index (χ0n) is 23.1. The second-order valence-corrected chi connectivity index (χ2v) is 9.43. The Labute approximate surface area is 250 Å². The average molecular weight is 639 g/mol. The van der Waals surface area contributed by atoms with Crippen LogP contribution in [0.4, 0.5) is 32.0 Å². The molecular formula is C29H24F6N4O6. The van der Waals surface area contributed by atoms with Crippen LogP contribution in [0.15, 0.2) is 78.0 Å². The molecule has 1 aliphatic heterocycles. The first-order valence-corrected chi connectivity index (χ1v) is 12.6. The average Bonchev–Trinajstić information content (AvgIpc) is 3.42. The SMILES string of the molecule is COC(=O)CC1(C(=O)Nc2ccc(-c3ccccc3C(F)(F)F)cc2)CC(c2cccc(C(=N)N)c2)=NO1.O=C(O)C(F)(F)F. The number of amides is 1. The highest BCUT2D eigenvalue weighted by atomic mass is 19.4. The minimum absolute atomic E-state index is 0.00463. The second kappa shape index (κ2) is 13.5. The van der Waals surface area contributed by atoms with Crippen LogP contribution in [0, 0.1) is 5.41 Å². The maximum Gasteiger partial charge on any atom is 0.490 e. The summed E-state index contributed by atoms with van der Waals surface area (Å²) in [5.74, 6) is -4.29. The number of hydrogen-bond donors (Lipinski definition) is 4. The number of anilines is 1. The molecule has 238 valence electrons. The third kappa shape index (κ3) is 8.58. The van der Waals surface area contributed by atoms with Gasteiger partial charge in [0.05, 0.1) is 24.8 Å². The fourth-order valence-corrected chi connectivity index (χ4v) is 4.06. The zero-order chi connectivity index (χ0) is 33.6. The highest BCUT2D eigenvalue weighted by molar-refractivity contribution is 6.10. The first-order chi connectivity index (χ1) is 21.0. The van der Waals surface area contributed by atoms with Crippen LogP contribution in [0.2, 0.25) is 0 Å². The number of carbonyl (C=O) groups excluding carboxylic acids is 2. The Balaban J connectivity index is 0.000000707. The van der Waals surface area contributed by atoms with Crippen molar-refractivity contribution in [3.63, 3.8) is 0 Å². The number of alkyl halides is 6. The van der Waals surface area contributed by atoms with E-state index in [1.165, 1.54) is 49.6 Å². The zero-order valence-corrected chi connectivity index (χ0v) is 23.1. The molecule has 0 fully saturated rings. The number of carboxylic acid groups (broad SMARTS) is 1. The highest BCUT2D eigenvalue weighted by Gasteiger charge is 2.49. The number of hydrogen-bond acceptors (Lipinski definition) is 7. The molecule has 45 heavy (non-hydrogen) atoms. The predicted molar refractivity (Wildman–Crippen MR) is 148 cm³/mol. The van der Waals surface area contributed by atoms with Crippen molar-refractivity contribution >= 4 is 35.1 Å². The molecule has 16 heteroatoms. The third-order valence-corrected chi connectivity index (χ3v) is 6.29. The minimum atomic E-state index is -5.08. The number of benzene rings is 3. The number of nitrogen functional groups attached to an aromatic ring is 1. The van der Waals surface area contributed by atoms with Gasteiger partial charge in [-0.05, 0) is 35.4 Å². The lowest BCUT2D eigenvalue weighted by Crippen LogP contribution is -2.45. The van der Waals surface area contributed by atoms with Crippen LogP contribution in [0.25, 0.3) is 11.1 Å². The Kier molecular flexibility index (Phi) is 10.2. The molecule has 0 aromatic heterocycles. The van der Waals surface area contributed by atoms with Crippen LogP contribution in [-0.2, 0) is 30.1 Å². The molecule has 5 N–H and O–H groups in total. The lowest BCUT2D eigenvalue weighted by molar-refractivity contribution is -0.192. The Morgan fingerprint density at radius 3 is 2.18 bits per heavy atom. The summed E-state index contributed by atoms with van der Waals surface area (Å²) in [6.07, 6.45) is -10.1. The van der Waals surface area contributed by atoms with Gasteiger partial charge in [0, 0.05) is 23.2 Å². The number of esters is 1. The van der Waals surface area contributed by atoms with Gasteiger partial charge in [0.15, 0.2) is 0 Å². The number of amidine groups is 1. The lowest BCUT2D eigenvalue weighted by atomic mass is 9.89. The van der Waals surface area contributed by atoms with Gasteiger partial charge in [-0.3, -0.25) is 15.0 Å². The molecular weight excluding hydrogens is 614 g/mol. The predicted octanol–water partition coefficient (Wildman–Crippen LogP) is 5.35. The number of carboxylic acids is 1. The molecule has 1 unspecified atom stereocenters. The summed E-state index contributed by atoms with van der Waals surface area (Å²) in [7, 11) is 1.18. The minimum Gasteiger partial charge on any atom is -0.475 e. The van der Waals surface area contributed by atoms with Gasteiger partial charge in [-0.2, -0.15) is 26.3 Å². The van der Waals surface area contributed by atoms with Gasteiger partial charge in [-0.15, -0.1) is 0 Å². The van der Waals surface area contributed by atoms with E-state index in [1.54, 1.807) is 24.3 Å². The largest absolute Gasteiger partial charge is 0.490 e. The molecule has 4 rings (SSSR count). The van der Waals surface area contributed by atoms with Gasteiger partial charge >= 0.3 is 24.3 Å². The molecule has 3 aromatic carbocycles. The van der Waals surface area contributed by atoms with E-state index in [-0.39, 0.29) is 23.5 Å². The van der Waals surface area contributed by atoms with E-state index in [0.29, 0.717) is 22.4 Å². The van der Waals surface area contributed by atoms with Crippen molar-refractivity contribution in [3.05, 3.63) is 89.5 Å². The number of nitrogens with zero attached hydrogens (tertiary/aromatic N) is 1. The molecule has 0 saturated heterocycles.